The number of alkyl halides is 2. The van der Waals surface area contributed by atoms with E-state index in [0.717, 1.165) is 12.6 Å². The Balaban J connectivity index is 1.45. The van der Waals surface area contributed by atoms with Gasteiger partial charge in [-0.15, -0.1) is 0 Å². The summed E-state index contributed by atoms with van der Waals surface area (Å²) in [6, 6.07) is 5.29. The Kier molecular flexibility index (Phi) is 5.39. The Bertz CT molecular complexity index is 1310. The Morgan fingerprint density at radius 3 is 2.42 bits per heavy atom. The molecule has 2 amide bonds. The highest BCUT2D eigenvalue weighted by Crippen LogP contribution is 2.54. The van der Waals surface area contributed by atoms with Crippen LogP contribution in [0.15, 0.2) is 36.2 Å². The zero-order valence-corrected chi connectivity index (χ0v) is 19.3. The third kappa shape index (κ3) is 3.72. The summed E-state index contributed by atoms with van der Waals surface area (Å²) in [7, 11) is 0. The van der Waals surface area contributed by atoms with Gasteiger partial charge in [0.1, 0.15) is 11.5 Å². The highest BCUT2D eigenvalue weighted by molar-refractivity contribution is 6.44. The number of nitrogens with zero attached hydrogens (tertiary/aromatic N) is 1. The first-order chi connectivity index (χ1) is 17.0. The lowest BCUT2D eigenvalue weighted by molar-refractivity contribution is -0.138. The first-order valence-electron chi connectivity index (χ1n) is 11.4. The topological polar surface area (TPSA) is 144 Å². The number of rotatable bonds is 7. The van der Waals surface area contributed by atoms with Crippen molar-refractivity contribution in [3.8, 4) is 0 Å². The fourth-order valence-corrected chi connectivity index (χ4v) is 5.57. The molecule has 1 aliphatic heterocycles. The number of anilines is 1. The van der Waals surface area contributed by atoms with E-state index in [1.807, 2.05) is 0 Å². The molecule has 2 atom stereocenters. The molecule has 2 aromatic rings. The van der Waals surface area contributed by atoms with E-state index in [1.165, 1.54) is 24.3 Å². The molecule has 12 heteroatoms. The second kappa shape index (κ2) is 8.12. The van der Waals surface area contributed by atoms with Gasteiger partial charge in [-0.05, 0) is 55.5 Å². The summed E-state index contributed by atoms with van der Waals surface area (Å²) in [6.45, 7) is 1.57. The molecule has 0 bridgehead atoms. The van der Waals surface area contributed by atoms with Gasteiger partial charge in [-0.25, -0.2) is 13.2 Å². The predicted octanol–water partition coefficient (Wildman–Crippen LogP) is 2.04. The van der Waals surface area contributed by atoms with Crippen molar-refractivity contribution in [1.29, 1.82) is 0 Å². The van der Waals surface area contributed by atoms with Gasteiger partial charge in [0.25, 0.3) is 23.5 Å². The molecule has 0 radical (unpaired) electrons. The molecule has 0 spiro atoms. The predicted molar refractivity (Wildman–Crippen MR) is 123 cm³/mol. The second-order valence-electron chi connectivity index (χ2n) is 9.69. The highest BCUT2D eigenvalue weighted by Gasteiger charge is 2.60. The fraction of sp³-hybridized carbons (Fsp3) is 0.375. The Labute approximate surface area is 204 Å². The summed E-state index contributed by atoms with van der Waals surface area (Å²) >= 11 is 0. The maximum atomic E-state index is 13.8. The number of amides is 2. The van der Waals surface area contributed by atoms with Crippen molar-refractivity contribution in [3.63, 3.8) is 0 Å². The summed E-state index contributed by atoms with van der Waals surface area (Å²) in [5, 5.41) is 5.11. The molecule has 2 saturated carbocycles. The molecule has 36 heavy (non-hydrogen) atoms. The summed E-state index contributed by atoms with van der Waals surface area (Å²) in [6.07, 6.45) is 0.809. The number of Topliss-reactive ketones (excluding diaryl/α,β-unsaturated/α-hetero) is 1. The maximum absolute atomic E-state index is 13.8. The quantitative estimate of drug-likeness (QED) is 0.170. The zero-order valence-electron chi connectivity index (χ0n) is 19.3. The van der Waals surface area contributed by atoms with Crippen LogP contribution in [0.3, 0.4) is 0 Å². The first-order valence-corrected chi connectivity index (χ1v) is 11.4. The molecule has 1 aromatic carbocycles. The van der Waals surface area contributed by atoms with Crippen molar-refractivity contribution in [3.05, 3.63) is 64.5 Å². The molecule has 2 heterocycles. The zero-order chi connectivity index (χ0) is 26.0. The van der Waals surface area contributed by atoms with Crippen molar-refractivity contribution in [1.82, 2.24) is 15.3 Å². The summed E-state index contributed by atoms with van der Waals surface area (Å²) in [5.41, 5.74) is 7.66. The minimum Gasteiger partial charge on any atom is -0.403 e. The van der Waals surface area contributed by atoms with Gasteiger partial charge >= 0.3 is 0 Å². The average Bonchev–Trinajstić information content (AvgIpc) is 3.37. The van der Waals surface area contributed by atoms with Crippen LogP contribution in [-0.4, -0.2) is 33.6 Å². The minimum atomic E-state index is -3.05. The summed E-state index contributed by atoms with van der Waals surface area (Å²) < 4.78 is 42.6. The van der Waals surface area contributed by atoms with Crippen LogP contribution in [0.1, 0.15) is 57.4 Å². The van der Waals surface area contributed by atoms with E-state index in [-0.39, 0.29) is 28.9 Å². The van der Waals surface area contributed by atoms with E-state index in [1.54, 1.807) is 11.5 Å². The Hall–Kier alpha value is -3.80. The fourth-order valence-electron chi connectivity index (χ4n) is 5.57. The first kappa shape index (κ1) is 23.9. The van der Waals surface area contributed by atoms with Crippen molar-refractivity contribution in [2.75, 3.05) is 5.32 Å². The number of hydrogen-bond donors (Lipinski definition) is 5. The standard InChI is InChI=1S/C24H25F3N6O3/c1-11-18(20(34)22(36)31-23(17(8-28)32-29)9-24(26,27)10-23)16-7-12-6-15(12)33(16)19(11)21(35)30-14-4-2-13(25)3-5-14/h2-5,8,12,15,32H,6-7,9-10,28-29H2,1H3,(H,30,35)(H,31,36)/b17-8-. The van der Waals surface area contributed by atoms with Crippen LogP contribution in [-0.2, 0) is 11.2 Å². The third-order valence-electron chi connectivity index (χ3n) is 7.28. The molecule has 2 aliphatic carbocycles. The van der Waals surface area contributed by atoms with Gasteiger partial charge < -0.3 is 26.4 Å². The molecule has 3 aliphatic rings. The Morgan fingerprint density at radius 1 is 1.17 bits per heavy atom. The molecule has 1 aromatic heterocycles. The van der Waals surface area contributed by atoms with Crippen LogP contribution in [0.5, 0.6) is 0 Å². The lowest BCUT2D eigenvalue weighted by atomic mass is 9.71. The van der Waals surface area contributed by atoms with Gasteiger partial charge in [-0.2, -0.15) is 0 Å². The summed E-state index contributed by atoms with van der Waals surface area (Å²) in [4.78, 5) is 39.6. The van der Waals surface area contributed by atoms with Gasteiger partial charge in [-0.3, -0.25) is 20.2 Å². The van der Waals surface area contributed by atoms with E-state index in [0.29, 0.717) is 23.4 Å². The second-order valence-corrected chi connectivity index (χ2v) is 9.69. The SMILES string of the molecule is Cc1c(C(=O)C(=O)NC2(/C(=C/N)NN)CC(F)(F)C2)c2n(c1C(=O)Nc1ccc(F)cc1)C1CC1C2. The Morgan fingerprint density at radius 2 is 1.83 bits per heavy atom. The molecular weight excluding hydrogens is 477 g/mol. The van der Waals surface area contributed by atoms with Crippen molar-refractivity contribution in [2.24, 2.45) is 17.5 Å². The molecule has 5 rings (SSSR count). The lowest BCUT2D eigenvalue weighted by Crippen LogP contribution is -2.66. The molecule has 2 unspecified atom stereocenters. The van der Waals surface area contributed by atoms with Crippen LogP contribution in [0.2, 0.25) is 0 Å². The van der Waals surface area contributed by atoms with E-state index in [2.05, 4.69) is 16.1 Å². The number of hydrogen-bond acceptors (Lipinski definition) is 6. The van der Waals surface area contributed by atoms with Gasteiger partial charge in [-0.1, -0.05) is 0 Å². The van der Waals surface area contributed by atoms with Gasteiger partial charge in [0.2, 0.25) is 0 Å². The van der Waals surface area contributed by atoms with Crippen LogP contribution < -0.4 is 27.6 Å². The monoisotopic (exact) mass is 502 g/mol. The van der Waals surface area contributed by atoms with Crippen LogP contribution in [0.25, 0.3) is 0 Å². The lowest BCUT2D eigenvalue weighted by Gasteiger charge is -2.48. The maximum Gasteiger partial charge on any atom is 0.293 e. The van der Waals surface area contributed by atoms with Gasteiger partial charge in [0.15, 0.2) is 0 Å². The van der Waals surface area contributed by atoms with Crippen molar-refractivity contribution in [2.45, 2.75) is 50.1 Å². The van der Waals surface area contributed by atoms with E-state index < -0.39 is 47.7 Å². The smallest absolute Gasteiger partial charge is 0.293 e. The number of halogens is 3. The third-order valence-corrected chi connectivity index (χ3v) is 7.28. The number of fused-ring (bicyclic) bond motifs is 3. The number of carbonyl (C=O) groups excluding carboxylic acids is 3. The normalized spacial score (nSPS) is 22.6. The van der Waals surface area contributed by atoms with Crippen LogP contribution in [0, 0.1) is 18.7 Å². The van der Waals surface area contributed by atoms with Gasteiger partial charge in [0.05, 0.1) is 16.8 Å². The van der Waals surface area contributed by atoms with Crippen LogP contribution in [0.4, 0.5) is 18.9 Å². The number of carbonyl (C=O) groups is 3. The highest BCUT2D eigenvalue weighted by atomic mass is 19.3. The molecule has 2 fully saturated rings. The largest absolute Gasteiger partial charge is 0.403 e. The number of ketones is 1. The van der Waals surface area contributed by atoms with Crippen LogP contribution >= 0.6 is 0 Å². The minimum absolute atomic E-state index is 0.0333. The molecule has 9 nitrogen and oxygen atoms in total. The molecule has 7 N–H and O–H groups in total. The number of benzene rings is 1. The molecule has 0 saturated heterocycles. The van der Waals surface area contributed by atoms with E-state index >= 15 is 0 Å². The number of hydrazine groups is 1. The van der Waals surface area contributed by atoms with Gasteiger partial charge in [0, 0.05) is 36.5 Å². The van der Waals surface area contributed by atoms with Crippen molar-refractivity contribution < 1.29 is 27.6 Å². The van der Waals surface area contributed by atoms with E-state index in [4.69, 9.17) is 11.6 Å². The number of aromatic nitrogens is 1. The molecular formula is C24H25F3N6O3. The van der Waals surface area contributed by atoms with Crippen molar-refractivity contribution >= 4 is 23.3 Å². The van der Waals surface area contributed by atoms with E-state index in [9.17, 15) is 27.6 Å². The summed E-state index contributed by atoms with van der Waals surface area (Å²) in [5.74, 6) is -0.357. The number of nitrogens with one attached hydrogen (secondary N) is 3. The number of nitrogens with two attached hydrogens (primary N) is 2. The molecule has 190 valence electrons. The average molecular weight is 502 g/mol.